The highest BCUT2D eigenvalue weighted by Gasteiger charge is 2.28. The molecule has 164 valence electrons. The molecule has 1 aliphatic heterocycles. The van der Waals surface area contributed by atoms with E-state index < -0.39 is 0 Å². The van der Waals surface area contributed by atoms with Gasteiger partial charge in [-0.25, -0.2) is 0 Å². The van der Waals surface area contributed by atoms with Gasteiger partial charge in [-0.1, -0.05) is 72.8 Å². The average molecular weight is 435 g/mol. The summed E-state index contributed by atoms with van der Waals surface area (Å²) in [6, 6.07) is 25.8. The van der Waals surface area contributed by atoms with Gasteiger partial charge in [0.1, 0.15) is 17.6 Å². The van der Waals surface area contributed by atoms with E-state index >= 15 is 0 Å². The maximum atomic E-state index is 13.5. The molecule has 1 heterocycles. The minimum Gasteiger partial charge on any atom is -0.457 e. The molecule has 0 N–H and O–H groups in total. The van der Waals surface area contributed by atoms with E-state index in [1.54, 1.807) is 0 Å². The molecule has 3 nitrogen and oxygen atoms in total. The SMILES string of the molecule is O=C(Cc1cc(Oc2ccccc2)ccc1C1CO1)C1=CCC/C=C/C(c2ccccc2)=C1. The first-order chi connectivity index (χ1) is 16.3. The van der Waals surface area contributed by atoms with E-state index in [2.05, 4.69) is 30.4 Å². The number of hydrogen-bond acceptors (Lipinski definition) is 3. The Balaban J connectivity index is 1.42. The summed E-state index contributed by atoms with van der Waals surface area (Å²) in [7, 11) is 0. The Bertz CT molecular complexity index is 1220. The summed E-state index contributed by atoms with van der Waals surface area (Å²) >= 11 is 0. The van der Waals surface area contributed by atoms with Crippen molar-refractivity contribution in [3.8, 4) is 11.5 Å². The van der Waals surface area contributed by atoms with Crippen molar-refractivity contribution in [1.82, 2.24) is 0 Å². The summed E-state index contributed by atoms with van der Waals surface area (Å²) in [5.74, 6) is 1.61. The third kappa shape index (κ3) is 5.39. The van der Waals surface area contributed by atoms with Gasteiger partial charge in [-0.2, -0.15) is 0 Å². The second kappa shape index (κ2) is 9.85. The standard InChI is InChI=1S/C30H26O3/c31-29(24-13-7-2-6-12-23(18-24)22-10-4-1-5-11-22)20-25-19-27(16-17-28(25)30-21-32-30)33-26-14-8-3-9-15-26/h1,3-6,8-19,30H,2,7,20-21H2/b12-6+,23-18?,24-13?. The van der Waals surface area contributed by atoms with E-state index in [1.807, 2.05) is 72.8 Å². The van der Waals surface area contributed by atoms with Crippen LogP contribution in [0.4, 0.5) is 0 Å². The first-order valence-corrected chi connectivity index (χ1v) is 11.4. The third-order valence-corrected chi connectivity index (χ3v) is 5.86. The van der Waals surface area contributed by atoms with Crippen molar-refractivity contribution in [3.63, 3.8) is 0 Å². The van der Waals surface area contributed by atoms with Crippen LogP contribution in [0.15, 0.2) is 109 Å². The monoisotopic (exact) mass is 434 g/mol. The van der Waals surface area contributed by atoms with Crippen molar-refractivity contribution in [1.29, 1.82) is 0 Å². The number of epoxide rings is 1. The molecule has 1 saturated heterocycles. The van der Waals surface area contributed by atoms with E-state index in [-0.39, 0.29) is 11.9 Å². The van der Waals surface area contributed by atoms with Crippen LogP contribution in [0.25, 0.3) is 5.57 Å². The van der Waals surface area contributed by atoms with E-state index in [4.69, 9.17) is 9.47 Å². The Morgan fingerprint density at radius 3 is 2.42 bits per heavy atom. The zero-order chi connectivity index (χ0) is 22.5. The minimum absolute atomic E-state index is 0.0724. The van der Waals surface area contributed by atoms with Crippen molar-refractivity contribution in [2.24, 2.45) is 0 Å². The quantitative estimate of drug-likeness (QED) is 0.375. The molecule has 0 saturated carbocycles. The molecule has 3 heteroatoms. The molecule has 3 aromatic carbocycles. The lowest BCUT2D eigenvalue weighted by molar-refractivity contribution is -0.114. The minimum atomic E-state index is 0.0724. The molecular formula is C30H26O3. The van der Waals surface area contributed by atoms with E-state index in [0.717, 1.165) is 52.2 Å². The van der Waals surface area contributed by atoms with Gasteiger partial charge in [0, 0.05) is 12.0 Å². The van der Waals surface area contributed by atoms with Crippen LogP contribution in [-0.4, -0.2) is 12.4 Å². The number of ether oxygens (including phenoxy) is 2. The van der Waals surface area contributed by atoms with Crippen molar-refractivity contribution < 1.29 is 14.3 Å². The predicted octanol–water partition coefficient (Wildman–Crippen LogP) is 7.02. The van der Waals surface area contributed by atoms with Crippen molar-refractivity contribution >= 4 is 11.4 Å². The van der Waals surface area contributed by atoms with Gasteiger partial charge in [0.05, 0.1) is 6.61 Å². The predicted molar refractivity (Wildman–Crippen MR) is 131 cm³/mol. The zero-order valence-corrected chi connectivity index (χ0v) is 18.4. The Kier molecular flexibility index (Phi) is 6.32. The number of carbonyl (C=O) groups is 1. The molecule has 33 heavy (non-hydrogen) atoms. The van der Waals surface area contributed by atoms with Gasteiger partial charge < -0.3 is 9.47 Å². The topological polar surface area (TPSA) is 38.8 Å². The number of rotatable bonds is 7. The van der Waals surface area contributed by atoms with Gasteiger partial charge in [0.25, 0.3) is 0 Å². The van der Waals surface area contributed by atoms with Crippen LogP contribution in [0, 0.1) is 0 Å². The second-order valence-corrected chi connectivity index (χ2v) is 8.30. The van der Waals surface area contributed by atoms with E-state index in [1.165, 1.54) is 0 Å². The lowest BCUT2D eigenvalue weighted by Crippen LogP contribution is -2.08. The fourth-order valence-electron chi connectivity index (χ4n) is 4.06. The molecule has 1 fully saturated rings. The molecule has 0 bridgehead atoms. The Labute approximate surface area is 194 Å². The van der Waals surface area contributed by atoms with Crippen LogP contribution in [0.2, 0.25) is 0 Å². The molecular weight excluding hydrogens is 408 g/mol. The number of hydrogen-bond donors (Lipinski definition) is 0. The molecule has 1 aliphatic carbocycles. The van der Waals surface area contributed by atoms with Gasteiger partial charge in [-0.15, -0.1) is 0 Å². The number of ketones is 1. The maximum absolute atomic E-state index is 13.5. The summed E-state index contributed by atoms with van der Waals surface area (Å²) in [4.78, 5) is 13.5. The third-order valence-electron chi connectivity index (χ3n) is 5.86. The van der Waals surface area contributed by atoms with Crippen LogP contribution < -0.4 is 4.74 Å². The van der Waals surface area contributed by atoms with Crippen LogP contribution >= 0.6 is 0 Å². The molecule has 3 aromatic rings. The molecule has 0 amide bonds. The molecule has 0 spiro atoms. The summed E-state index contributed by atoms with van der Waals surface area (Å²) in [6.07, 6.45) is 10.5. The highest BCUT2D eigenvalue weighted by molar-refractivity contribution is 6.02. The highest BCUT2D eigenvalue weighted by atomic mass is 16.6. The Hall–Kier alpha value is -3.69. The first-order valence-electron chi connectivity index (χ1n) is 11.4. The van der Waals surface area contributed by atoms with Crippen LogP contribution in [0.1, 0.15) is 35.6 Å². The molecule has 5 rings (SSSR count). The largest absolute Gasteiger partial charge is 0.457 e. The van der Waals surface area contributed by atoms with Gasteiger partial charge in [0.15, 0.2) is 5.78 Å². The van der Waals surface area contributed by atoms with E-state index in [9.17, 15) is 4.79 Å². The lowest BCUT2D eigenvalue weighted by atomic mass is 9.93. The van der Waals surface area contributed by atoms with Crippen LogP contribution in [-0.2, 0) is 16.0 Å². The van der Waals surface area contributed by atoms with E-state index in [0.29, 0.717) is 13.0 Å². The summed E-state index contributed by atoms with van der Waals surface area (Å²) < 4.78 is 11.6. The van der Waals surface area contributed by atoms with Crippen LogP contribution in [0.3, 0.4) is 0 Å². The van der Waals surface area contributed by atoms with Gasteiger partial charge in [-0.05, 0) is 65.4 Å². The fourth-order valence-corrected chi connectivity index (χ4v) is 4.06. The fraction of sp³-hybridized carbons (Fsp3) is 0.167. The summed E-state index contributed by atoms with van der Waals surface area (Å²) in [5, 5.41) is 0. The van der Waals surface area contributed by atoms with Gasteiger partial charge >= 0.3 is 0 Å². The number of allylic oxidation sites excluding steroid dienone is 6. The molecule has 1 unspecified atom stereocenters. The van der Waals surface area contributed by atoms with Gasteiger partial charge in [0.2, 0.25) is 0 Å². The maximum Gasteiger partial charge on any atom is 0.166 e. The average Bonchev–Trinajstić information content (AvgIpc) is 3.66. The first kappa shape index (κ1) is 21.2. The number of para-hydroxylation sites is 1. The summed E-state index contributed by atoms with van der Waals surface area (Å²) in [5.41, 5.74) is 4.96. The van der Waals surface area contributed by atoms with Crippen molar-refractivity contribution in [3.05, 3.63) is 125 Å². The summed E-state index contributed by atoms with van der Waals surface area (Å²) in [6.45, 7) is 0.700. The molecule has 2 aliphatic rings. The highest BCUT2D eigenvalue weighted by Crippen LogP contribution is 2.36. The second-order valence-electron chi connectivity index (χ2n) is 8.30. The van der Waals surface area contributed by atoms with Gasteiger partial charge in [-0.3, -0.25) is 4.79 Å². The Morgan fingerprint density at radius 1 is 0.909 bits per heavy atom. The number of carbonyl (C=O) groups excluding carboxylic acids is 1. The van der Waals surface area contributed by atoms with Crippen LogP contribution in [0.5, 0.6) is 11.5 Å². The smallest absolute Gasteiger partial charge is 0.166 e. The number of Topliss-reactive ketones (excluding diaryl/α,β-unsaturated/α-hetero) is 1. The zero-order valence-electron chi connectivity index (χ0n) is 18.4. The van der Waals surface area contributed by atoms with Crippen molar-refractivity contribution in [2.75, 3.05) is 6.61 Å². The molecule has 1 atom stereocenters. The number of benzene rings is 3. The Morgan fingerprint density at radius 2 is 1.67 bits per heavy atom. The van der Waals surface area contributed by atoms with Crippen molar-refractivity contribution in [2.45, 2.75) is 25.4 Å². The normalized spacial score (nSPS) is 18.4. The molecule has 0 aromatic heterocycles. The molecule has 0 radical (unpaired) electrons. The lowest BCUT2D eigenvalue weighted by Gasteiger charge is -2.13.